The number of piperazine rings is 1. The van der Waals surface area contributed by atoms with E-state index in [0.29, 0.717) is 37.5 Å². The van der Waals surface area contributed by atoms with Gasteiger partial charge in [-0.1, -0.05) is 11.8 Å². The Balaban J connectivity index is 1.17. The minimum Gasteiger partial charge on any atom is -0.391 e. The van der Waals surface area contributed by atoms with Gasteiger partial charge in [-0.3, -0.25) is 4.68 Å². The lowest BCUT2D eigenvalue weighted by atomic mass is 10.3. The first kappa shape index (κ1) is 24.8. The fourth-order valence-electron chi connectivity index (χ4n) is 3.90. The summed E-state index contributed by atoms with van der Waals surface area (Å²) in [6.07, 6.45) is 6.41. The summed E-state index contributed by atoms with van der Waals surface area (Å²) in [6, 6.07) is 6.36. The third-order valence-electron chi connectivity index (χ3n) is 5.71. The summed E-state index contributed by atoms with van der Waals surface area (Å²) in [5.74, 6) is 1.45. The molecule has 11 nitrogen and oxygen atoms in total. The maximum absolute atomic E-state index is 13.1. The summed E-state index contributed by atoms with van der Waals surface area (Å²) < 4.78 is 14.8. The molecule has 0 spiro atoms. The first-order valence-electron chi connectivity index (χ1n) is 11.9. The zero-order chi connectivity index (χ0) is 25.8. The monoisotopic (exact) mass is 522 g/mol. The van der Waals surface area contributed by atoms with Crippen LogP contribution in [0.2, 0.25) is 0 Å². The third kappa shape index (κ3) is 6.30. The first-order valence-corrected chi connectivity index (χ1v) is 12.7. The standard InChI is InChI=1S/C24H27FN10OS/c1-16(36)13-35-14-21(17(2)32-35)30-22-28-15-29-24(31-22)34-9-7-33(8-10-34)23-26-11-20(12-27-23)37-19-5-3-18(25)4-6-19/h3-6,11-12,14-16,36H,7-10,13H2,1-2H3,(H,28,29,30,31)/t16-/m0/s1. The number of nitrogens with one attached hydrogen (secondary N) is 1. The van der Waals surface area contributed by atoms with Gasteiger partial charge in [0.1, 0.15) is 12.1 Å². The molecule has 0 bridgehead atoms. The van der Waals surface area contributed by atoms with Gasteiger partial charge in [-0.05, 0) is 38.1 Å². The molecular formula is C24H27FN10OS. The summed E-state index contributed by atoms with van der Waals surface area (Å²) in [5.41, 5.74) is 1.57. The van der Waals surface area contributed by atoms with Gasteiger partial charge in [-0.2, -0.15) is 10.1 Å². The molecule has 4 heterocycles. The minimum atomic E-state index is -0.488. The van der Waals surface area contributed by atoms with Gasteiger partial charge in [0.2, 0.25) is 17.8 Å². The van der Waals surface area contributed by atoms with Crippen LogP contribution in [0.15, 0.2) is 59.0 Å². The van der Waals surface area contributed by atoms with Gasteiger partial charge in [0.05, 0.1) is 24.0 Å². The number of halogens is 1. The molecule has 1 fully saturated rings. The van der Waals surface area contributed by atoms with Crippen LogP contribution in [-0.4, -0.2) is 72.1 Å². The minimum absolute atomic E-state index is 0.254. The molecule has 0 aliphatic carbocycles. The van der Waals surface area contributed by atoms with Crippen molar-refractivity contribution in [2.24, 2.45) is 0 Å². The summed E-state index contributed by atoms with van der Waals surface area (Å²) in [7, 11) is 0. The molecule has 1 aromatic carbocycles. The summed E-state index contributed by atoms with van der Waals surface area (Å²) in [4.78, 5) is 28.3. The van der Waals surface area contributed by atoms with Crippen molar-refractivity contribution in [1.29, 1.82) is 0 Å². The van der Waals surface area contributed by atoms with Crippen molar-refractivity contribution in [2.45, 2.75) is 36.3 Å². The number of aliphatic hydroxyl groups excluding tert-OH is 1. The molecule has 1 aliphatic heterocycles. The molecule has 0 radical (unpaired) electrons. The molecule has 4 aromatic rings. The lowest BCUT2D eigenvalue weighted by Crippen LogP contribution is -2.47. The highest BCUT2D eigenvalue weighted by Gasteiger charge is 2.21. The van der Waals surface area contributed by atoms with Crippen molar-refractivity contribution in [3.05, 3.63) is 60.7 Å². The van der Waals surface area contributed by atoms with Gasteiger partial charge < -0.3 is 20.2 Å². The van der Waals surface area contributed by atoms with Crippen LogP contribution in [0.4, 0.5) is 27.9 Å². The Hall–Kier alpha value is -3.84. The Morgan fingerprint density at radius 3 is 2.32 bits per heavy atom. The fourth-order valence-corrected chi connectivity index (χ4v) is 4.65. The van der Waals surface area contributed by atoms with Gasteiger partial charge in [0, 0.05) is 54.6 Å². The Kier molecular flexibility index (Phi) is 7.42. The van der Waals surface area contributed by atoms with Gasteiger partial charge in [-0.15, -0.1) is 0 Å². The molecular weight excluding hydrogens is 495 g/mol. The van der Waals surface area contributed by atoms with E-state index < -0.39 is 6.10 Å². The second-order valence-electron chi connectivity index (χ2n) is 8.68. The summed E-state index contributed by atoms with van der Waals surface area (Å²) in [6.45, 7) is 6.90. The Morgan fingerprint density at radius 1 is 0.973 bits per heavy atom. The van der Waals surface area contributed by atoms with E-state index in [1.807, 2.05) is 13.1 Å². The average molecular weight is 523 g/mol. The Bertz CT molecular complexity index is 1320. The summed E-state index contributed by atoms with van der Waals surface area (Å²) in [5, 5.41) is 17.2. The fraction of sp³-hybridized carbons (Fsp3) is 0.333. The number of benzene rings is 1. The first-order chi connectivity index (χ1) is 17.9. The van der Waals surface area contributed by atoms with Gasteiger partial charge in [0.15, 0.2) is 0 Å². The topological polar surface area (TPSA) is 121 Å². The van der Waals surface area contributed by atoms with E-state index in [1.165, 1.54) is 30.2 Å². The van der Waals surface area contributed by atoms with Crippen LogP contribution in [0.5, 0.6) is 0 Å². The number of aromatic nitrogens is 7. The number of hydrogen-bond donors (Lipinski definition) is 2. The predicted octanol–water partition coefficient (Wildman–Crippen LogP) is 2.91. The van der Waals surface area contributed by atoms with Crippen molar-refractivity contribution >= 4 is 35.3 Å². The number of nitrogens with zero attached hydrogens (tertiary/aromatic N) is 9. The van der Waals surface area contributed by atoms with Gasteiger partial charge in [-0.25, -0.2) is 24.3 Å². The maximum Gasteiger partial charge on any atom is 0.232 e. The van der Waals surface area contributed by atoms with E-state index in [2.05, 4.69) is 45.1 Å². The lowest BCUT2D eigenvalue weighted by Gasteiger charge is -2.34. The highest BCUT2D eigenvalue weighted by Crippen LogP contribution is 2.27. The molecule has 13 heteroatoms. The number of hydrogen-bond acceptors (Lipinski definition) is 11. The largest absolute Gasteiger partial charge is 0.391 e. The van der Waals surface area contributed by atoms with E-state index in [0.717, 1.165) is 34.3 Å². The molecule has 2 N–H and O–H groups in total. The van der Waals surface area contributed by atoms with Crippen LogP contribution >= 0.6 is 11.8 Å². The third-order valence-corrected chi connectivity index (χ3v) is 6.67. The van der Waals surface area contributed by atoms with E-state index >= 15 is 0 Å². The maximum atomic E-state index is 13.1. The molecule has 1 atom stereocenters. The van der Waals surface area contributed by atoms with Gasteiger partial charge in [0.25, 0.3) is 0 Å². The molecule has 0 amide bonds. The Morgan fingerprint density at radius 2 is 1.65 bits per heavy atom. The number of rotatable bonds is 8. The zero-order valence-corrected chi connectivity index (χ0v) is 21.3. The molecule has 1 saturated heterocycles. The molecule has 0 unspecified atom stereocenters. The van der Waals surface area contributed by atoms with E-state index in [1.54, 1.807) is 36.1 Å². The van der Waals surface area contributed by atoms with Crippen LogP contribution in [0.3, 0.4) is 0 Å². The molecule has 1 aliphatic rings. The van der Waals surface area contributed by atoms with Crippen LogP contribution in [0, 0.1) is 12.7 Å². The molecule has 3 aromatic heterocycles. The highest BCUT2D eigenvalue weighted by molar-refractivity contribution is 7.99. The highest BCUT2D eigenvalue weighted by atomic mass is 32.2. The normalized spacial score (nSPS) is 14.6. The second kappa shape index (κ2) is 11.0. The second-order valence-corrected chi connectivity index (χ2v) is 9.83. The van der Waals surface area contributed by atoms with Crippen molar-refractivity contribution in [2.75, 3.05) is 41.3 Å². The van der Waals surface area contributed by atoms with Crippen molar-refractivity contribution < 1.29 is 9.50 Å². The quantitative estimate of drug-likeness (QED) is 0.355. The predicted molar refractivity (Wildman–Crippen MR) is 139 cm³/mol. The molecule has 37 heavy (non-hydrogen) atoms. The molecule has 0 saturated carbocycles. The Labute approximate surface area is 217 Å². The summed E-state index contributed by atoms with van der Waals surface area (Å²) >= 11 is 1.49. The van der Waals surface area contributed by atoms with Crippen molar-refractivity contribution in [3.63, 3.8) is 0 Å². The SMILES string of the molecule is Cc1nn(C[C@H](C)O)cc1Nc1ncnc(N2CCN(c3ncc(Sc4ccc(F)cc4)cn3)CC2)n1. The zero-order valence-electron chi connectivity index (χ0n) is 20.5. The van der Waals surface area contributed by atoms with Crippen LogP contribution in [0.25, 0.3) is 0 Å². The van der Waals surface area contributed by atoms with E-state index in [-0.39, 0.29) is 5.82 Å². The smallest absolute Gasteiger partial charge is 0.232 e. The average Bonchev–Trinajstić information content (AvgIpc) is 3.23. The molecule has 192 valence electrons. The van der Waals surface area contributed by atoms with Crippen molar-refractivity contribution in [3.8, 4) is 0 Å². The number of aryl methyl sites for hydroxylation is 1. The van der Waals surface area contributed by atoms with Gasteiger partial charge >= 0.3 is 0 Å². The number of aliphatic hydroxyl groups is 1. The van der Waals surface area contributed by atoms with Crippen LogP contribution < -0.4 is 15.1 Å². The molecule has 5 rings (SSSR count). The van der Waals surface area contributed by atoms with Crippen LogP contribution in [-0.2, 0) is 6.54 Å². The lowest BCUT2D eigenvalue weighted by molar-refractivity contribution is 0.168. The van der Waals surface area contributed by atoms with E-state index in [4.69, 9.17) is 0 Å². The van der Waals surface area contributed by atoms with Crippen LogP contribution in [0.1, 0.15) is 12.6 Å². The van der Waals surface area contributed by atoms with Crippen molar-refractivity contribution in [1.82, 2.24) is 34.7 Å². The van der Waals surface area contributed by atoms with E-state index in [9.17, 15) is 9.50 Å². The number of anilines is 4.